The molecule has 0 radical (unpaired) electrons. The van der Waals surface area contributed by atoms with E-state index in [1.54, 1.807) is 0 Å². The second-order valence-corrected chi connectivity index (χ2v) is 3.64. The molecule has 0 unspecified atom stereocenters. The summed E-state index contributed by atoms with van der Waals surface area (Å²) in [5.41, 5.74) is 0. The van der Waals surface area contributed by atoms with E-state index in [9.17, 15) is 0 Å². The van der Waals surface area contributed by atoms with Crippen LogP contribution in [0.4, 0.5) is 0 Å². The molecule has 0 spiro atoms. The summed E-state index contributed by atoms with van der Waals surface area (Å²) >= 11 is 11.3. The lowest BCUT2D eigenvalue weighted by Crippen LogP contribution is -2.25. The Hall–Kier alpha value is 0.500. The molecule has 0 aliphatic carbocycles. The lowest BCUT2D eigenvalue weighted by Gasteiger charge is -2.16. The summed E-state index contributed by atoms with van der Waals surface area (Å²) in [5.74, 6) is 0.334. The van der Waals surface area contributed by atoms with Crippen LogP contribution in [0, 0.1) is 0 Å². The molecule has 0 amide bonds. The number of ether oxygens (including phenoxy) is 2. The topological polar surface area (TPSA) is 18.5 Å². The van der Waals surface area contributed by atoms with E-state index in [0.29, 0.717) is 11.8 Å². The highest BCUT2D eigenvalue weighted by atomic mass is 35.5. The van der Waals surface area contributed by atoms with Crippen LogP contribution >= 0.6 is 23.2 Å². The summed E-state index contributed by atoms with van der Waals surface area (Å²) in [6.07, 6.45) is -0.131. The predicted molar refractivity (Wildman–Crippen MR) is 45.3 cm³/mol. The van der Waals surface area contributed by atoms with Crippen LogP contribution in [0.3, 0.4) is 0 Å². The predicted octanol–water partition coefficient (Wildman–Crippen LogP) is 1.98. The van der Waals surface area contributed by atoms with E-state index in [0.717, 1.165) is 0 Å². The molecule has 0 aromatic heterocycles. The summed E-state index contributed by atoms with van der Waals surface area (Å²) in [6.45, 7) is 3.72. The number of halogens is 2. The van der Waals surface area contributed by atoms with Crippen LogP contribution in [0.5, 0.6) is 0 Å². The minimum absolute atomic E-state index is 0.0656. The highest BCUT2D eigenvalue weighted by molar-refractivity contribution is 6.19. The van der Waals surface area contributed by atoms with Crippen LogP contribution in [-0.4, -0.2) is 29.8 Å². The maximum absolute atomic E-state index is 5.64. The van der Waals surface area contributed by atoms with Crippen molar-refractivity contribution in [3.8, 4) is 0 Å². The van der Waals surface area contributed by atoms with Gasteiger partial charge < -0.3 is 9.47 Å². The third-order valence-corrected chi connectivity index (χ3v) is 2.20. The molecule has 1 fully saturated rings. The van der Waals surface area contributed by atoms with Crippen molar-refractivity contribution < 1.29 is 9.47 Å². The van der Waals surface area contributed by atoms with E-state index in [1.807, 2.05) is 13.8 Å². The zero-order valence-electron chi connectivity index (χ0n) is 6.64. The molecule has 1 aliphatic rings. The van der Waals surface area contributed by atoms with Gasteiger partial charge in [0.1, 0.15) is 12.2 Å². The van der Waals surface area contributed by atoms with Crippen LogP contribution in [0.15, 0.2) is 0 Å². The van der Waals surface area contributed by atoms with Gasteiger partial charge in [-0.2, -0.15) is 0 Å². The zero-order chi connectivity index (χ0) is 8.48. The Balaban J connectivity index is 2.55. The minimum atomic E-state index is -0.529. The molecular weight excluding hydrogens is 187 g/mol. The maximum Gasteiger partial charge on any atom is 0.163 e. The second-order valence-electron chi connectivity index (χ2n) is 3.02. The van der Waals surface area contributed by atoms with E-state index in [2.05, 4.69) is 0 Å². The molecular formula is C7H12Cl2O2. The Morgan fingerprint density at radius 3 is 1.73 bits per heavy atom. The SMILES string of the molecule is CC1(C)O[C@@H](CCl)[C@H](CCl)O1. The Bertz CT molecular complexity index is 124. The van der Waals surface area contributed by atoms with Gasteiger partial charge in [-0.1, -0.05) is 0 Å². The summed E-state index contributed by atoms with van der Waals surface area (Å²) in [6, 6.07) is 0. The molecule has 2 atom stereocenters. The smallest absolute Gasteiger partial charge is 0.163 e. The first-order chi connectivity index (χ1) is 5.09. The fraction of sp³-hybridized carbons (Fsp3) is 1.00. The van der Waals surface area contributed by atoms with Crippen LogP contribution in [-0.2, 0) is 9.47 Å². The average Bonchev–Trinajstić information content (AvgIpc) is 2.25. The summed E-state index contributed by atoms with van der Waals surface area (Å²) < 4.78 is 10.9. The monoisotopic (exact) mass is 198 g/mol. The Morgan fingerprint density at radius 2 is 1.45 bits per heavy atom. The highest BCUT2D eigenvalue weighted by Gasteiger charge is 2.39. The van der Waals surface area contributed by atoms with E-state index in [4.69, 9.17) is 32.7 Å². The Kier molecular flexibility index (Phi) is 3.03. The van der Waals surface area contributed by atoms with Gasteiger partial charge in [-0.15, -0.1) is 23.2 Å². The van der Waals surface area contributed by atoms with Crippen LogP contribution in [0.1, 0.15) is 13.8 Å². The van der Waals surface area contributed by atoms with E-state index in [-0.39, 0.29) is 12.2 Å². The normalized spacial score (nSPS) is 36.0. The van der Waals surface area contributed by atoms with Crippen molar-refractivity contribution in [1.29, 1.82) is 0 Å². The largest absolute Gasteiger partial charge is 0.343 e. The summed E-state index contributed by atoms with van der Waals surface area (Å²) in [5, 5.41) is 0. The fourth-order valence-electron chi connectivity index (χ4n) is 1.17. The third-order valence-electron chi connectivity index (χ3n) is 1.59. The molecule has 0 bridgehead atoms. The van der Waals surface area contributed by atoms with Crippen molar-refractivity contribution in [2.45, 2.75) is 31.8 Å². The van der Waals surface area contributed by atoms with Gasteiger partial charge in [0.25, 0.3) is 0 Å². The van der Waals surface area contributed by atoms with Gasteiger partial charge in [0.05, 0.1) is 11.8 Å². The quantitative estimate of drug-likeness (QED) is 0.633. The number of hydrogen-bond donors (Lipinski definition) is 0. The molecule has 2 nitrogen and oxygen atoms in total. The van der Waals surface area contributed by atoms with Gasteiger partial charge in [-0.3, -0.25) is 0 Å². The fourth-order valence-corrected chi connectivity index (χ4v) is 1.69. The first-order valence-corrected chi connectivity index (χ1v) is 4.63. The van der Waals surface area contributed by atoms with Crippen molar-refractivity contribution >= 4 is 23.2 Å². The first kappa shape index (κ1) is 9.59. The van der Waals surface area contributed by atoms with E-state index < -0.39 is 5.79 Å². The zero-order valence-corrected chi connectivity index (χ0v) is 8.15. The molecule has 1 rings (SSSR count). The van der Waals surface area contributed by atoms with Crippen molar-refractivity contribution in [2.75, 3.05) is 11.8 Å². The lowest BCUT2D eigenvalue weighted by molar-refractivity contribution is -0.142. The summed E-state index contributed by atoms with van der Waals surface area (Å²) in [4.78, 5) is 0. The third kappa shape index (κ3) is 2.22. The van der Waals surface area contributed by atoms with Crippen LogP contribution < -0.4 is 0 Å². The minimum Gasteiger partial charge on any atom is -0.343 e. The van der Waals surface area contributed by atoms with Gasteiger partial charge in [-0.05, 0) is 13.8 Å². The molecule has 0 N–H and O–H groups in total. The van der Waals surface area contributed by atoms with Crippen molar-refractivity contribution in [3.05, 3.63) is 0 Å². The maximum atomic E-state index is 5.64. The van der Waals surface area contributed by atoms with Gasteiger partial charge in [0.2, 0.25) is 0 Å². The molecule has 1 heterocycles. The van der Waals surface area contributed by atoms with Gasteiger partial charge in [0.15, 0.2) is 5.79 Å². The highest BCUT2D eigenvalue weighted by Crippen LogP contribution is 2.29. The van der Waals surface area contributed by atoms with Gasteiger partial charge >= 0.3 is 0 Å². The van der Waals surface area contributed by atoms with Crippen molar-refractivity contribution in [1.82, 2.24) is 0 Å². The molecule has 0 saturated carbocycles. The van der Waals surface area contributed by atoms with Crippen LogP contribution in [0.25, 0.3) is 0 Å². The number of hydrogen-bond acceptors (Lipinski definition) is 2. The van der Waals surface area contributed by atoms with Crippen LogP contribution in [0.2, 0.25) is 0 Å². The molecule has 1 aliphatic heterocycles. The molecule has 4 heteroatoms. The number of rotatable bonds is 2. The van der Waals surface area contributed by atoms with Crippen molar-refractivity contribution in [3.63, 3.8) is 0 Å². The standard InChI is InChI=1S/C7H12Cl2O2/c1-7(2)10-5(3-8)6(4-9)11-7/h5-6H,3-4H2,1-2H3/t5-,6-/m0/s1. The molecule has 0 aromatic carbocycles. The molecule has 0 aromatic rings. The lowest BCUT2D eigenvalue weighted by atomic mass is 10.3. The van der Waals surface area contributed by atoms with E-state index in [1.165, 1.54) is 0 Å². The van der Waals surface area contributed by atoms with Gasteiger partial charge in [-0.25, -0.2) is 0 Å². The number of alkyl halides is 2. The van der Waals surface area contributed by atoms with Gasteiger partial charge in [0, 0.05) is 0 Å². The Labute approximate surface area is 76.8 Å². The molecule has 1 saturated heterocycles. The van der Waals surface area contributed by atoms with Crippen molar-refractivity contribution in [2.24, 2.45) is 0 Å². The Morgan fingerprint density at radius 1 is 1.09 bits per heavy atom. The average molecular weight is 199 g/mol. The first-order valence-electron chi connectivity index (χ1n) is 3.56. The molecule has 11 heavy (non-hydrogen) atoms. The van der Waals surface area contributed by atoms with E-state index >= 15 is 0 Å². The molecule has 66 valence electrons. The second kappa shape index (κ2) is 3.48. The summed E-state index contributed by atoms with van der Waals surface area (Å²) in [7, 11) is 0.